The van der Waals surface area contributed by atoms with Gasteiger partial charge in [-0.05, 0) is 70.8 Å². The molecule has 3 heteroatoms. The second-order valence-electron chi connectivity index (χ2n) is 8.28. The van der Waals surface area contributed by atoms with Crippen LogP contribution in [0.4, 0.5) is 17.1 Å². The van der Waals surface area contributed by atoms with E-state index in [1.54, 1.807) is 12.1 Å². The smallest absolute Gasteiger partial charge is 0.335 e. The van der Waals surface area contributed by atoms with Crippen LogP contribution in [0.1, 0.15) is 0 Å². The predicted octanol–water partition coefficient (Wildman–Crippen LogP) is 8.58. The summed E-state index contributed by atoms with van der Waals surface area (Å²) in [5.74, 6) is 0.0272. The number of hydrogen-bond acceptors (Lipinski definition) is 3. The van der Waals surface area contributed by atoms with Crippen molar-refractivity contribution in [3.63, 3.8) is 0 Å². The summed E-state index contributed by atoms with van der Waals surface area (Å²) in [7, 11) is 0. The molecule has 5 aromatic carbocycles. The molecule has 5 aromatic rings. The van der Waals surface area contributed by atoms with Gasteiger partial charge in [-0.15, -0.1) is 0 Å². The van der Waals surface area contributed by atoms with Crippen molar-refractivity contribution in [2.45, 2.75) is 0 Å². The van der Waals surface area contributed by atoms with Gasteiger partial charge in [0.15, 0.2) is 0 Å². The van der Waals surface area contributed by atoms with Gasteiger partial charge in [0.05, 0.1) is 0 Å². The van der Waals surface area contributed by atoms with E-state index >= 15 is 0 Å². The molecule has 0 aromatic heterocycles. The zero-order chi connectivity index (χ0) is 24.7. The Morgan fingerprint density at radius 3 is 1.39 bits per heavy atom. The van der Waals surface area contributed by atoms with Gasteiger partial charge in [0, 0.05) is 23.1 Å². The van der Waals surface area contributed by atoms with Crippen LogP contribution in [-0.4, -0.2) is 5.97 Å². The van der Waals surface area contributed by atoms with Crippen molar-refractivity contribution in [2.75, 3.05) is 4.90 Å². The van der Waals surface area contributed by atoms with Crippen LogP contribution in [0.3, 0.4) is 0 Å². The van der Waals surface area contributed by atoms with Crippen LogP contribution in [0.25, 0.3) is 22.3 Å². The van der Waals surface area contributed by atoms with E-state index in [1.165, 1.54) is 11.1 Å². The van der Waals surface area contributed by atoms with Gasteiger partial charge in [0.2, 0.25) is 0 Å². The Balaban J connectivity index is 1.44. The van der Waals surface area contributed by atoms with Crippen LogP contribution in [0.5, 0.6) is 5.75 Å². The molecule has 0 saturated carbocycles. The van der Waals surface area contributed by atoms with E-state index in [4.69, 9.17) is 4.74 Å². The van der Waals surface area contributed by atoms with E-state index in [0.29, 0.717) is 5.75 Å². The van der Waals surface area contributed by atoms with E-state index in [0.717, 1.165) is 34.3 Å². The van der Waals surface area contributed by atoms with E-state index in [2.05, 4.69) is 109 Å². The van der Waals surface area contributed by atoms with Crippen molar-refractivity contribution in [1.29, 1.82) is 0 Å². The van der Waals surface area contributed by atoms with Gasteiger partial charge in [0.1, 0.15) is 5.75 Å². The maximum absolute atomic E-state index is 11.4. The highest BCUT2D eigenvalue weighted by molar-refractivity contribution is 5.83. The third kappa shape index (κ3) is 5.11. The molecule has 0 aliphatic rings. The molecule has 0 atom stereocenters. The Morgan fingerprint density at radius 2 is 0.917 bits per heavy atom. The highest BCUT2D eigenvalue weighted by Gasteiger charge is 2.13. The van der Waals surface area contributed by atoms with Crippen LogP contribution in [0.2, 0.25) is 0 Å². The number of ether oxygens (including phenoxy) is 1. The number of para-hydroxylation sites is 1. The molecule has 0 aliphatic heterocycles. The molecular formula is C33H25NO2. The fourth-order valence-electron chi connectivity index (χ4n) is 4.13. The zero-order valence-electron chi connectivity index (χ0n) is 19.7. The summed E-state index contributed by atoms with van der Waals surface area (Å²) in [6, 6.07) is 45.3. The average molecular weight is 468 g/mol. The molecule has 3 nitrogen and oxygen atoms in total. The topological polar surface area (TPSA) is 29.5 Å². The van der Waals surface area contributed by atoms with Crippen LogP contribution in [0, 0.1) is 0 Å². The molecule has 5 rings (SSSR count). The van der Waals surface area contributed by atoms with E-state index in [1.807, 2.05) is 24.3 Å². The van der Waals surface area contributed by atoms with Gasteiger partial charge in [-0.2, -0.15) is 0 Å². The average Bonchev–Trinajstić information content (AvgIpc) is 2.95. The zero-order valence-corrected chi connectivity index (χ0v) is 19.7. The van der Waals surface area contributed by atoms with E-state index in [-0.39, 0.29) is 0 Å². The highest BCUT2D eigenvalue weighted by Crippen LogP contribution is 2.36. The first kappa shape index (κ1) is 22.9. The second kappa shape index (κ2) is 10.6. The molecule has 0 spiro atoms. The molecule has 0 aliphatic carbocycles. The second-order valence-corrected chi connectivity index (χ2v) is 8.28. The molecule has 0 radical (unpaired) electrons. The number of hydrogen-bond donors (Lipinski definition) is 0. The first-order chi connectivity index (χ1) is 17.7. The molecule has 0 unspecified atom stereocenters. The molecule has 0 amide bonds. The van der Waals surface area contributed by atoms with Crippen molar-refractivity contribution in [3.8, 4) is 28.0 Å². The largest absolute Gasteiger partial charge is 0.423 e. The summed E-state index contributed by atoms with van der Waals surface area (Å²) >= 11 is 0. The third-order valence-corrected chi connectivity index (χ3v) is 5.95. The van der Waals surface area contributed by atoms with Gasteiger partial charge >= 0.3 is 5.97 Å². The Kier molecular flexibility index (Phi) is 6.72. The fraction of sp³-hybridized carbons (Fsp3) is 0. The lowest BCUT2D eigenvalue weighted by Crippen LogP contribution is -2.09. The summed E-state index contributed by atoms with van der Waals surface area (Å²) in [5.41, 5.74) is 7.74. The van der Waals surface area contributed by atoms with Crippen molar-refractivity contribution in [2.24, 2.45) is 0 Å². The molecule has 0 heterocycles. The lowest BCUT2D eigenvalue weighted by atomic mass is 10.0. The van der Waals surface area contributed by atoms with Crippen LogP contribution in [-0.2, 0) is 4.79 Å². The number of anilines is 3. The number of rotatable bonds is 7. The number of benzene rings is 5. The molecule has 174 valence electrons. The maximum Gasteiger partial charge on any atom is 0.335 e. The van der Waals surface area contributed by atoms with Crippen LogP contribution in [0.15, 0.2) is 146 Å². The summed E-state index contributed by atoms with van der Waals surface area (Å²) in [6.45, 7) is 3.43. The van der Waals surface area contributed by atoms with Crippen LogP contribution >= 0.6 is 0 Å². The number of carbonyl (C=O) groups excluding carboxylic acids is 1. The Hall–Kier alpha value is -4.89. The van der Waals surface area contributed by atoms with Crippen molar-refractivity contribution in [3.05, 3.63) is 146 Å². The lowest BCUT2D eigenvalue weighted by molar-refractivity contribution is -0.128. The molecule has 0 fully saturated rings. The standard InChI is InChI=1S/C33H25NO2/c1-2-33(35)36-32-23-17-28(18-24-32)27-15-21-31(22-16-27)34(29-11-7-4-8-12-29)30-19-13-26(14-20-30)25-9-5-3-6-10-25/h2-24H,1H2. The molecule has 0 saturated heterocycles. The van der Waals surface area contributed by atoms with E-state index in [9.17, 15) is 4.79 Å². The summed E-state index contributed by atoms with van der Waals surface area (Å²) in [6.07, 6.45) is 1.15. The minimum absolute atomic E-state index is 0.468. The third-order valence-electron chi connectivity index (χ3n) is 5.95. The fourth-order valence-corrected chi connectivity index (χ4v) is 4.13. The predicted molar refractivity (Wildman–Crippen MR) is 148 cm³/mol. The number of esters is 1. The van der Waals surface area contributed by atoms with Gasteiger partial charge < -0.3 is 9.64 Å². The Morgan fingerprint density at radius 1 is 0.528 bits per heavy atom. The quantitative estimate of drug-likeness (QED) is 0.136. The molecule has 36 heavy (non-hydrogen) atoms. The van der Waals surface area contributed by atoms with E-state index < -0.39 is 5.97 Å². The highest BCUT2D eigenvalue weighted by atomic mass is 16.5. The monoisotopic (exact) mass is 467 g/mol. The first-order valence-corrected chi connectivity index (χ1v) is 11.8. The first-order valence-electron chi connectivity index (χ1n) is 11.8. The van der Waals surface area contributed by atoms with Gasteiger partial charge in [0.25, 0.3) is 0 Å². The number of nitrogens with zero attached hydrogens (tertiary/aromatic N) is 1. The summed E-state index contributed by atoms with van der Waals surface area (Å²) in [4.78, 5) is 13.7. The van der Waals surface area contributed by atoms with Crippen molar-refractivity contribution >= 4 is 23.0 Å². The molecular weight excluding hydrogens is 442 g/mol. The summed E-state index contributed by atoms with van der Waals surface area (Å²) < 4.78 is 5.18. The van der Waals surface area contributed by atoms with Crippen molar-refractivity contribution < 1.29 is 9.53 Å². The Labute approximate surface area is 211 Å². The molecule has 0 N–H and O–H groups in total. The van der Waals surface area contributed by atoms with Crippen LogP contribution < -0.4 is 9.64 Å². The van der Waals surface area contributed by atoms with Crippen molar-refractivity contribution in [1.82, 2.24) is 0 Å². The minimum Gasteiger partial charge on any atom is -0.423 e. The minimum atomic E-state index is -0.468. The Bertz CT molecular complexity index is 1440. The van der Waals surface area contributed by atoms with Gasteiger partial charge in [-0.25, -0.2) is 4.79 Å². The SMILES string of the molecule is C=CC(=O)Oc1ccc(-c2ccc(N(c3ccccc3)c3ccc(-c4ccccc4)cc3)cc2)cc1. The van der Waals surface area contributed by atoms with Gasteiger partial charge in [-0.1, -0.05) is 91.5 Å². The lowest BCUT2D eigenvalue weighted by Gasteiger charge is -2.26. The van der Waals surface area contributed by atoms with Gasteiger partial charge in [-0.3, -0.25) is 0 Å². The maximum atomic E-state index is 11.4. The normalized spacial score (nSPS) is 10.4. The number of carbonyl (C=O) groups is 1. The summed E-state index contributed by atoms with van der Waals surface area (Å²) in [5, 5.41) is 0. The molecule has 0 bridgehead atoms.